The van der Waals surface area contributed by atoms with Crippen molar-refractivity contribution in [1.82, 2.24) is 0 Å². The quantitative estimate of drug-likeness (QED) is 0.605. The number of benzene rings is 1. The molecule has 1 aromatic rings. The largest absolute Gasteiger partial charge is 0.482 e. The van der Waals surface area contributed by atoms with E-state index in [4.69, 9.17) is 4.74 Å². The van der Waals surface area contributed by atoms with Crippen molar-refractivity contribution in [3.8, 4) is 5.75 Å². The zero-order valence-electron chi connectivity index (χ0n) is 10.5. The summed E-state index contributed by atoms with van der Waals surface area (Å²) >= 11 is 0. The Morgan fingerprint density at radius 1 is 1.44 bits per heavy atom. The zero-order chi connectivity index (χ0) is 13.3. The fraction of sp³-hybridized carbons (Fsp3) is 0.286. The number of hydrogen-bond acceptors (Lipinski definition) is 3. The Morgan fingerprint density at radius 3 is 2.78 bits per heavy atom. The predicted molar refractivity (Wildman–Crippen MR) is 69.1 cm³/mol. The van der Waals surface area contributed by atoms with Crippen LogP contribution < -0.4 is 9.64 Å². The standard InChI is InChI=1S/C14H15NO3/c1-9(2)7-15-12-6-11(10(3)16)4-5-13(12)18-8-14(15)17/h4-6H,1,7-8H2,2-3H3. The van der Waals surface area contributed by atoms with E-state index < -0.39 is 0 Å². The molecule has 0 aromatic heterocycles. The van der Waals surface area contributed by atoms with Crippen LogP contribution in [0.3, 0.4) is 0 Å². The Kier molecular flexibility index (Phi) is 3.19. The van der Waals surface area contributed by atoms with Gasteiger partial charge in [-0.15, -0.1) is 0 Å². The van der Waals surface area contributed by atoms with Crippen molar-refractivity contribution in [1.29, 1.82) is 0 Å². The molecule has 0 N–H and O–H groups in total. The number of hydrogen-bond donors (Lipinski definition) is 0. The number of anilines is 1. The Morgan fingerprint density at radius 2 is 2.17 bits per heavy atom. The normalized spacial score (nSPS) is 13.9. The number of carbonyl (C=O) groups excluding carboxylic acids is 2. The zero-order valence-corrected chi connectivity index (χ0v) is 10.5. The minimum Gasteiger partial charge on any atom is -0.482 e. The van der Waals surface area contributed by atoms with Crippen LogP contribution in [-0.4, -0.2) is 24.8 Å². The van der Waals surface area contributed by atoms with Gasteiger partial charge in [-0.2, -0.15) is 0 Å². The lowest BCUT2D eigenvalue weighted by Crippen LogP contribution is -2.39. The topological polar surface area (TPSA) is 46.6 Å². The van der Waals surface area contributed by atoms with Crippen LogP contribution in [0.4, 0.5) is 5.69 Å². The number of nitrogens with zero attached hydrogens (tertiary/aromatic N) is 1. The fourth-order valence-electron chi connectivity index (χ4n) is 1.86. The van der Waals surface area contributed by atoms with Gasteiger partial charge < -0.3 is 9.64 Å². The van der Waals surface area contributed by atoms with Gasteiger partial charge in [-0.1, -0.05) is 12.2 Å². The van der Waals surface area contributed by atoms with Crippen LogP contribution >= 0.6 is 0 Å². The number of fused-ring (bicyclic) bond motifs is 1. The maximum absolute atomic E-state index is 11.8. The van der Waals surface area contributed by atoms with Gasteiger partial charge in [-0.3, -0.25) is 9.59 Å². The van der Waals surface area contributed by atoms with E-state index in [-0.39, 0.29) is 18.3 Å². The van der Waals surface area contributed by atoms with Crippen molar-refractivity contribution in [2.75, 3.05) is 18.1 Å². The van der Waals surface area contributed by atoms with Gasteiger partial charge >= 0.3 is 0 Å². The van der Waals surface area contributed by atoms with Gasteiger partial charge in [0, 0.05) is 12.1 Å². The minimum absolute atomic E-state index is 0.0275. The van der Waals surface area contributed by atoms with Crippen LogP contribution in [0.15, 0.2) is 30.4 Å². The lowest BCUT2D eigenvalue weighted by atomic mass is 10.1. The smallest absolute Gasteiger partial charge is 0.265 e. The van der Waals surface area contributed by atoms with Crippen molar-refractivity contribution in [2.45, 2.75) is 13.8 Å². The molecule has 4 nitrogen and oxygen atoms in total. The summed E-state index contributed by atoms with van der Waals surface area (Å²) in [5.41, 5.74) is 2.09. The summed E-state index contributed by atoms with van der Waals surface area (Å²) < 4.78 is 5.35. The molecule has 1 aliphatic rings. The summed E-state index contributed by atoms with van der Waals surface area (Å²) in [5, 5.41) is 0. The maximum Gasteiger partial charge on any atom is 0.265 e. The van der Waals surface area contributed by atoms with Crippen LogP contribution in [0.1, 0.15) is 24.2 Å². The van der Waals surface area contributed by atoms with Crippen molar-refractivity contribution < 1.29 is 14.3 Å². The number of Topliss-reactive ketones (excluding diaryl/α,β-unsaturated/α-hetero) is 1. The number of amides is 1. The van der Waals surface area contributed by atoms with Gasteiger partial charge in [0.2, 0.25) is 0 Å². The highest BCUT2D eigenvalue weighted by atomic mass is 16.5. The summed E-state index contributed by atoms with van der Waals surface area (Å²) in [6.45, 7) is 7.64. The van der Waals surface area contributed by atoms with Gasteiger partial charge in [0.25, 0.3) is 5.91 Å². The van der Waals surface area contributed by atoms with Gasteiger partial charge in [0.1, 0.15) is 5.75 Å². The van der Waals surface area contributed by atoms with Crippen molar-refractivity contribution in [3.63, 3.8) is 0 Å². The molecule has 0 saturated heterocycles. The summed E-state index contributed by atoms with van der Waals surface area (Å²) in [6, 6.07) is 5.12. The average molecular weight is 245 g/mol. The highest BCUT2D eigenvalue weighted by Gasteiger charge is 2.25. The molecule has 0 spiro atoms. The molecule has 0 unspecified atom stereocenters. The number of rotatable bonds is 3. The molecule has 0 bridgehead atoms. The van der Waals surface area contributed by atoms with E-state index in [2.05, 4.69) is 6.58 Å². The number of carbonyl (C=O) groups is 2. The van der Waals surface area contributed by atoms with E-state index in [1.54, 1.807) is 23.1 Å². The fourth-order valence-corrected chi connectivity index (χ4v) is 1.86. The summed E-state index contributed by atoms with van der Waals surface area (Å²) in [7, 11) is 0. The molecular weight excluding hydrogens is 230 g/mol. The third-order valence-electron chi connectivity index (χ3n) is 2.74. The summed E-state index contributed by atoms with van der Waals surface area (Å²) in [4.78, 5) is 24.8. The van der Waals surface area contributed by atoms with Crippen molar-refractivity contribution >= 4 is 17.4 Å². The molecule has 1 heterocycles. The number of ether oxygens (including phenoxy) is 1. The SMILES string of the molecule is C=C(C)CN1C(=O)COc2ccc(C(C)=O)cc21. The first-order valence-electron chi connectivity index (χ1n) is 5.71. The van der Waals surface area contributed by atoms with Gasteiger partial charge in [0.05, 0.1) is 5.69 Å². The number of ketones is 1. The molecule has 0 radical (unpaired) electrons. The van der Waals surface area contributed by atoms with Crippen molar-refractivity contribution in [2.24, 2.45) is 0 Å². The van der Waals surface area contributed by atoms with Crippen LogP contribution in [0.5, 0.6) is 5.75 Å². The van der Waals surface area contributed by atoms with Crippen LogP contribution in [0.2, 0.25) is 0 Å². The van der Waals surface area contributed by atoms with Crippen LogP contribution in [0.25, 0.3) is 0 Å². The van der Waals surface area contributed by atoms with Gasteiger partial charge in [0.15, 0.2) is 12.4 Å². The average Bonchev–Trinajstić information content (AvgIpc) is 2.31. The third kappa shape index (κ3) is 2.27. The molecule has 0 saturated carbocycles. The lowest BCUT2D eigenvalue weighted by Gasteiger charge is -2.29. The van der Waals surface area contributed by atoms with Crippen LogP contribution in [-0.2, 0) is 4.79 Å². The minimum atomic E-state index is -0.119. The molecule has 0 atom stereocenters. The first-order valence-corrected chi connectivity index (χ1v) is 5.71. The van der Waals surface area contributed by atoms with E-state index in [0.29, 0.717) is 23.5 Å². The first kappa shape index (κ1) is 12.4. The highest BCUT2D eigenvalue weighted by molar-refractivity contribution is 6.01. The first-order chi connectivity index (χ1) is 8.49. The Labute approximate surface area is 106 Å². The predicted octanol–water partition coefficient (Wildman–Crippen LogP) is 2.19. The Bertz CT molecular complexity index is 534. The molecule has 1 amide bonds. The molecule has 1 aliphatic heterocycles. The van der Waals surface area contributed by atoms with Gasteiger partial charge in [-0.25, -0.2) is 0 Å². The van der Waals surface area contributed by atoms with Crippen LogP contribution in [0, 0.1) is 0 Å². The van der Waals surface area contributed by atoms with E-state index in [1.165, 1.54) is 6.92 Å². The van der Waals surface area contributed by atoms with E-state index >= 15 is 0 Å². The second-order valence-electron chi connectivity index (χ2n) is 4.46. The molecule has 0 fully saturated rings. The second-order valence-corrected chi connectivity index (χ2v) is 4.46. The summed E-state index contributed by atoms with van der Waals surface area (Å²) in [6.07, 6.45) is 0. The third-order valence-corrected chi connectivity index (χ3v) is 2.74. The molecule has 18 heavy (non-hydrogen) atoms. The van der Waals surface area contributed by atoms with Gasteiger partial charge in [-0.05, 0) is 32.0 Å². The van der Waals surface area contributed by atoms with E-state index in [1.807, 2.05) is 6.92 Å². The molecular formula is C14H15NO3. The summed E-state index contributed by atoms with van der Waals surface area (Å²) in [5.74, 6) is 0.471. The highest BCUT2D eigenvalue weighted by Crippen LogP contribution is 2.33. The molecule has 94 valence electrons. The molecule has 0 aliphatic carbocycles. The monoisotopic (exact) mass is 245 g/mol. The Hall–Kier alpha value is -2.10. The van der Waals surface area contributed by atoms with E-state index in [0.717, 1.165) is 5.57 Å². The van der Waals surface area contributed by atoms with E-state index in [9.17, 15) is 9.59 Å². The molecule has 4 heteroatoms. The maximum atomic E-state index is 11.8. The second kappa shape index (κ2) is 4.64. The molecule has 1 aromatic carbocycles. The van der Waals surface area contributed by atoms with Crippen molar-refractivity contribution in [3.05, 3.63) is 35.9 Å². The Balaban J connectivity index is 2.46. The molecule has 2 rings (SSSR count). The lowest BCUT2D eigenvalue weighted by molar-refractivity contribution is -0.121.